The summed E-state index contributed by atoms with van der Waals surface area (Å²) in [5.74, 6) is 0. The van der Waals surface area contributed by atoms with Crippen LogP contribution in [0.15, 0.2) is 23.7 Å². The van der Waals surface area contributed by atoms with Gasteiger partial charge in [-0.25, -0.2) is 4.98 Å². The number of nitrogens with zero attached hydrogens (tertiary/aromatic N) is 2. The van der Waals surface area contributed by atoms with Crippen LogP contribution in [-0.2, 0) is 13.1 Å². The molecule has 0 aliphatic heterocycles. The Morgan fingerprint density at radius 1 is 1.38 bits per heavy atom. The van der Waals surface area contributed by atoms with Gasteiger partial charge in [0, 0.05) is 29.2 Å². The first-order chi connectivity index (χ1) is 10.1. The zero-order valence-corrected chi connectivity index (χ0v) is 14.4. The van der Waals surface area contributed by atoms with Crippen molar-refractivity contribution < 1.29 is 0 Å². The van der Waals surface area contributed by atoms with Crippen molar-refractivity contribution >= 4 is 28.6 Å². The molecule has 5 heteroatoms. The van der Waals surface area contributed by atoms with Gasteiger partial charge >= 0.3 is 0 Å². The smallest absolute Gasteiger partial charge is 0.0798 e. The molecule has 2 aromatic rings. The number of aromatic nitrogens is 1. The van der Waals surface area contributed by atoms with Crippen LogP contribution in [0.25, 0.3) is 0 Å². The van der Waals surface area contributed by atoms with Crippen LogP contribution in [-0.4, -0.2) is 18.6 Å². The number of aryl methyl sites for hydroxylation is 1. The summed E-state index contributed by atoms with van der Waals surface area (Å²) in [5, 5.41) is 4.20. The van der Waals surface area contributed by atoms with Crippen molar-refractivity contribution in [3.05, 3.63) is 44.9 Å². The predicted octanol–water partition coefficient (Wildman–Crippen LogP) is 4.24. The molecule has 0 saturated carbocycles. The second-order valence-electron chi connectivity index (χ2n) is 5.17. The highest BCUT2D eigenvalue weighted by Crippen LogP contribution is 2.25. The average Bonchev–Trinajstić information content (AvgIpc) is 2.86. The Hall–Kier alpha value is -1.10. The molecule has 3 nitrogen and oxygen atoms in total. The van der Waals surface area contributed by atoms with Gasteiger partial charge < -0.3 is 10.2 Å². The number of nitrogens with one attached hydrogen (secondary N) is 1. The summed E-state index contributed by atoms with van der Waals surface area (Å²) < 4.78 is 0. The van der Waals surface area contributed by atoms with E-state index in [1.54, 1.807) is 11.3 Å². The molecule has 1 N–H and O–H groups in total. The minimum Gasteiger partial charge on any atom is -0.369 e. The number of benzene rings is 1. The number of hydrogen-bond donors (Lipinski definition) is 1. The Kier molecular flexibility index (Phi) is 6.03. The minimum absolute atomic E-state index is 0.823. The molecule has 0 amide bonds. The van der Waals surface area contributed by atoms with E-state index in [-0.39, 0.29) is 0 Å². The summed E-state index contributed by atoms with van der Waals surface area (Å²) in [6.07, 6.45) is 1.13. The van der Waals surface area contributed by atoms with Gasteiger partial charge in [-0.3, -0.25) is 0 Å². The SMILES string of the molecule is CCCNCc1ccc(N(C)Cc2scnc2C)cc1Cl. The molecule has 0 aliphatic rings. The second-order valence-corrected chi connectivity index (χ2v) is 6.52. The highest BCUT2D eigenvalue weighted by Gasteiger charge is 2.09. The van der Waals surface area contributed by atoms with Gasteiger partial charge in [0.2, 0.25) is 0 Å². The Morgan fingerprint density at radius 2 is 2.19 bits per heavy atom. The number of hydrogen-bond acceptors (Lipinski definition) is 4. The maximum absolute atomic E-state index is 6.39. The van der Waals surface area contributed by atoms with Gasteiger partial charge in [0.1, 0.15) is 0 Å². The van der Waals surface area contributed by atoms with Crippen molar-refractivity contribution in [2.24, 2.45) is 0 Å². The lowest BCUT2D eigenvalue weighted by Crippen LogP contribution is -2.17. The lowest BCUT2D eigenvalue weighted by molar-refractivity contribution is 0.675. The number of anilines is 1. The molecule has 114 valence electrons. The highest BCUT2D eigenvalue weighted by molar-refractivity contribution is 7.09. The van der Waals surface area contributed by atoms with Crippen molar-refractivity contribution in [1.29, 1.82) is 0 Å². The van der Waals surface area contributed by atoms with Gasteiger partial charge in [-0.1, -0.05) is 24.6 Å². The third-order valence-corrected chi connectivity index (χ3v) is 4.72. The highest BCUT2D eigenvalue weighted by atomic mass is 35.5. The van der Waals surface area contributed by atoms with E-state index in [9.17, 15) is 0 Å². The van der Waals surface area contributed by atoms with E-state index >= 15 is 0 Å². The zero-order chi connectivity index (χ0) is 15.2. The molecule has 0 aliphatic carbocycles. The molecule has 0 atom stereocenters. The first-order valence-electron chi connectivity index (χ1n) is 7.21. The molecular formula is C16H22ClN3S. The zero-order valence-electron chi connectivity index (χ0n) is 12.8. The van der Waals surface area contributed by atoms with E-state index in [0.717, 1.165) is 48.0 Å². The Labute approximate surface area is 136 Å². The van der Waals surface area contributed by atoms with Crippen molar-refractivity contribution in [1.82, 2.24) is 10.3 Å². The van der Waals surface area contributed by atoms with Crippen molar-refractivity contribution in [2.75, 3.05) is 18.5 Å². The predicted molar refractivity (Wildman–Crippen MR) is 92.4 cm³/mol. The fourth-order valence-corrected chi connectivity index (χ4v) is 3.17. The van der Waals surface area contributed by atoms with Crippen LogP contribution < -0.4 is 10.2 Å². The molecule has 1 heterocycles. The molecule has 1 aromatic carbocycles. The Morgan fingerprint density at radius 3 is 2.81 bits per heavy atom. The quantitative estimate of drug-likeness (QED) is 0.772. The van der Waals surface area contributed by atoms with Crippen LogP contribution in [0.1, 0.15) is 29.5 Å². The number of rotatable bonds is 7. The average molecular weight is 324 g/mol. The monoisotopic (exact) mass is 323 g/mol. The topological polar surface area (TPSA) is 28.2 Å². The summed E-state index contributed by atoms with van der Waals surface area (Å²) in [6.45, 7) is 6.91. The molecular weight excluding hydrogens is 302 g/mol. The van der Waals surface area contributed by atoms with E-state index in [0.29, 0.717) is 0 Å². The van der Waals surface area contributed by atoms with Gasteiger partial charge in [-0.05, 0) is 37.6 Å². The fourth-order valence-electron chi connectivity index (χ4n) is 2.10. The lowest BCUT2D eigenvalue weighted by Gasteiger charge is -2.20. The normalized spacial score (nSPS) is 10.9. The second kappa shape index (κ2) is 7.78. The van der Waals surface area contributed by atoms with Gasteiger partial charge in [0.15, 0.2) is 0 Å². The van der Waals surface area contributed by atoms with Crippen molar-refractivity contribution in [3.8, 4) is 0 Å². The third-order valence-electron chi connectivity index (χ3n) is 3.45. The number of thiazole rings is 1. The molecule has 1 aromatic heterocycles. The first-order valence-corrected chi connectivity index (χ1v) is 8.46. The summed E-state index contributed by atoms with van der Waals surface area (Å²) in [7, 11) is 2.08. The molecule has 0 unspecified atom stereocenters. The van der Waals surface area contributed by atoms with Gasteiger partial charge in [-0.2, -0.15) is 0 Å². The minimum atomic E-state index is 0.823. The van der Waals surface area contributed by atoms with Gasteiger partial charge in [0.05, 0.1) is 17.7 Å². The first kappa shape index (κ1) is 16.3. The van der Waals surface area contributed by atoms with Crippen LogP contribution >= 0.6 is 22.9 Å². The molecule has 0 radical (unpaired) electrons. The molecule has 0 bridgehead atoms. The Bertz CT molecular complexity index is 583. The maximum atomic E-state index is 6.39. The van der Waals surface area contributed by atoms with Crippen LogP contribution in [0.4, 0.5) is 5.69 Å². The lowest BCUT2D eigenvalue weighted by atomic mass is 10.2. The van der Waals surface area contributed by atoms with E-state index in [1.165, 1.54) is 4.88 Å². The van der Waals surface area contributed by atoms with Crippen molar-refractivity contribution in [3.63, 3.8) is 0 Å². The van der Waals surface area contributed by atoms with Crippen LogP contribution in [0.3, 0.4) is 0 Å². The van der Waals surface area contributed by atoms with Crippen LogP contribution in [0.2, 0.25) is 5.02 Å². The summed E-state index contributed by atoms with van der Waals surface area (Å²) in [6, 6.07) is 6.28. The molecule has 0 fully saturated rings. The largest absolute Gasteiger partial charge is 0.369 e. The van der Waals surface area contributed by atoms with Gasteiger partial charge in [0.25, 0.3) is 0 Å². The Balaban J connectivity index is 2.03. The summed E-state index contributed by atoms with van der Waals surface area (Å²) in [4.78, 5) is 7.79. The third kappa shape index (κ3) is 4.43. The van der Waals surface area contributed by atoms with Crippen LogP contribution in [0.5, 0.6) is 0 Å². The van der Waals surface area contributed by atoms with Crippen molar-refractivity contribution in [2.45, 2.75) is 33.4 Å². The molecule has 0 saturated heterocycles. The molecule has 21 heavy (non-hydrogen) atoms. The molecule has 2 rings (SSSR count). The fraction of sp³-hybridized carbons (Fsp3) is 0.438. The van der Waals surface area contributed by atoms with E-state index in [2.05, 4.69) is 48.2 Å². The van der Waals surface area contributed by atoms with E-state index in [1.807, 2.05) is 11.6 Å². The summed E-state index contributed by atoms with van der Waals surface area (Å²) >= 11 is 8.09. The standard InChI is InChI=1S/C16H22ClN3S/c1-4-7-18-9-13-5-6-14(8-15(13)17)20(3)10-16-12(2)19-11-21-16/h5-6,8,11,18H,4,7,9-10H2,1-3H3. The van der Waals surface area contributed by atoms with E-state index in [4.69, 9.17) is 11.6 Å². The molecule has 0 spiro atoms. The van der Waals surface area contributed by atoms with Crippen LogP contribution in [0, 0.1) is 6.92 Å². The maximum Gasteiger partial charge on any atom is 0.0798 e. The number of halogens is 1. The summed E-state index contributed by atoms with van der Waals surface area (Å²) in [5.41, 5.74) is 5.29. The van der Waals surface area contributed by atoms with Gasteiger partial charge in [-0.15, -0.1) is 11.3 Å². The van der Waals surface area contributed by atoms with E-state index < -0.39 is 0 Å².